The van der Waals surface area contributed by atoms with Crippen molar-refractivity contribution in [2.24, 2.45) is 5.10 Å². The highest BCUT2D eigenvalue weighted by atomic mass is 79.9. The fourth-order valence-electron chi connectivity index (χ4n) is 4.52. The smallest absolute Gasteiger partial charge is 0.264 e. The molecule has 0 unspecified atom stereocenters. The normalized spacial score (nSPS) is 11.6. The summed E-state index contributed by atoms with van der Waals surface area (Å²) in [5.41, 5.74) is 9.49. The van der Waals surface area contributed by atoms with Crippen molar-refractivity contribution in [3.63, 3.8) is 0 Å². The largest absolute Gasteiger partial charge is 0.318 e. The molecule has 1 N–H and O–H groups in total. The molecular weight excluding hydrogens is 576 g/mol. The van der Waals surface area contributed by atoms with Crippen LogP contribution >= 0.6 is 15.9 Å². The van der Waals surface area contributed by atoms with Crippen LogP contribution in [0.5, 0.6) is 0 Å². The first-order valence-corrected chi connectivity index (χ1v) is 14.6. The van der Waals surface area contributed by atoms with Crippen LogP contribution in [0.3, 0.4) is 0 Å². The molecule has 0 aliphatic carbocycles. The number of aromatic nitrogens is 1. The molecule has 0 spiro atoms. The molecule has 202 valence electrons. The van der Waals surface area contributed by atoms with Crippen LogP contribution in [-0.4, -0.2) is 31.7 Å². The van der Waals surface area contributed by atoms with Crippen LogP contribution in [0.4, 0.5) is 5.69 Å². The number of amides is 1. The van der Waals surface area contributed by atoms with E-state index in [0.29, 0.717) is 5.69 Å². The zero-order chi connectivity index (χ0) is 28.3. The Hall–Kier alpha value is -3.69. The number of carbonyl (C=O) groups is 1. The Kier molecular flexibility index (Phi) is 8.42. The third kappa shape index (κ3) is 6.49. The van der Waals surface area contributed by atoms with E-state index in [2.05, 4.69) is 31.0 Å². The van der Waals surface area contributed by atoms with Crippen molar-refractivity contribution in [2.45, 2.75) is 39.5 Å². The first kappa shape index (κ1) is 28.3. The predicted octanol–water partition coefficient (Wildman–Crippen LogP) is 6.13. The Morgan fingerprint density at radius 3 is 2.23 bits per heavy atom. The van der Waals surface area contributed by atoms with Crippen LogP contribution in [0.25, 0.3) is 5.69 Å². The second kappa shape index (κ2) is 11.6. The van der Waals surface area contributed by atoms with Crippen molar-refractivity contribution in [1.29, 1.82) is 0 Å². The first-order valence-electron chi connectivity index (χ1n) is 12.4. The summed E-state index contributed by atoms with van der Waals surface area (Å²) in [6.07, 6.45) is 1.57. The summed E-state index contributed by atoms with van der Waals surface area (Å²) in [4.78, 5) is 13.1. The molecular formula is C30H31BrN4O3S. The number of nitrogens with one attached hydrogen (secondary N) is 1. The van der Waals surface area contributed by atoms with Gasteiger partial charge in [-0.15, -0.1) is 0 Å². The van der Waals surface area contributed by atoms with Crippen LogP contribution in [0.2, 0.25) is 0 Å². The lowest BCUT2D eigenvalue weighted by Gasteiger charge is -2.24. The number of hydrazone groups is 1. The van der Waals surface area contributed by atoms with Gasteiger partial charge in [-0.1, -0.05) is 45.8 Å². The number of hydrogen-bond donors (Lipinski definition) is 1. The minimum atomic E-state index is -4.01. The number of rotatable bonds is 8. The van der Waals surface area contributed by atoms with Gasteiger partial charge in [0.15, 0.2) is 0 Å². The molecule has 4 rings (SSSR count). The van der Waals surface area contributed by atoms with Crippen molar-refractivity contribution in [2.75, 3.05) is 10.8 Å². The molecule has 39 heavy (non-hydrogen) atoms. The van der Waals surface area contributed by atoms with Gasteiger partial charge in [-0.05, 0) is 94.3 Å². The van der Waals surface area contributed by atoms with Crippen molar-refractivity contribution in [3.05, 3.63) is 111 Å². The average molecular weight is 608 g/mol. The quantitative estimate of drug-likeness (QED) is 0.193. The maximum Gasteiger partial charge on any atom is 0.264 e. The molecule has 0 aliphatic rings. The van der Waals surface area contributed by atoms with Crippen molar-refractivity contribution in [1.82, 2.24) is 9.99 Å². The topological polar surface area (TPSA) is 83.8 Å². The molecule has 1 heterocycles. The zero-order valence-electron chi connectivity index (χ0n) is 22.6. The third-order valence-corrected chi connectivity index (χ3v) is 8.60. The molecule has 0 aliphatic heterocycles. The summed E-state index contributed by atoms with van der Waals surface area (Å²) in [5.74, 6) is -0.554. The van der Waals surface area contributed by atoms with E-state index >= 15 is 0 Å². The molecule has 4 aromatic rings. The molecule has 1 amide bonds. The van der Waals surface area contributed by atoms with Gasteiger partial charge in [0.05, 0.1) is 16.8 Å². The molecule has 3 aromatic carbocycles. The summed E-state index contributed by atoms with van der Waals surface area (Å²) < 4.78 is 31.5. The molecule has 0 saturated heterocycles. The highest BCUT2D eigenvalue weighted by molar-refractivity contribution is 9.10. The lowest BCUT2D eigenvalue weighted by Crippen LogP contribution is -2.39. The number of carbonyl (C=O) groups excluding carboxylic acids is 1. The SMILES string of the molecule is Cc1ccc(S(=O)(=O)N(CC(=O)N/N=C\c2cc(C)n(-c3cccc(Br)c3)c2C)c2cc(C)cc(C)c2)cc1. The number of nitrogens with zero attached hydrogens (tertiary/aromatic N) is 3. The maximum absolute atomic E-state index is 13.6. The van der Waals surface area contributed by atoms with Gasteiger partial charge in [0.2, 0.25) is 0 Å². The fraction of sp³-hybridized carbons (Fsp3) is 0.200. The number of sulfonamides is 1. The third-order valence-electron chi connectivity index (χ3n) is 6.32. The summed E-state index contributed by atoms with van der Waals surface area (Å²) in [6, 6.07) is 22.0. The highest BCUT2D eigenvalue weighted by Gasteiger charge is 2.27. The van der Waals surface area contributed by atoms with E-state index in [1.54, 1.807) is 42.6 Å². The van der Waals surface area contributed by atoms with E-state index < -0.39 is 22.5 Å². The van der Waals surface area contributed by atoms with Gasteiger partial charge in [0.1, 0.15) is 6.54 Å². The van der Waals surface area contributed by atoms with Crippen molar-refractivity contribution < 1.29 is 13.2 Å². The lowest BCUT2D eigenvalue weighted by atomic mass is 10.1. The summed E-state index contributed by atoms with van der Waals surface area (Å²) >= 11 is 3.52. The van der Waals surface area contributed by atoms with E-state index in [0.717, 1.165) is 48.1 Å². The van der Waals surface area contributed by atoms with Gasteiger partial charge in [0.25, 0.3) is 15.9 Å². The van der Waals surface area contributed by atoms with Crippen LogP contribution in [0, 0.1) is 34.6 Å². The van der Waals surface area contributed by atoms with Gasteiger partial charge < -0.3 is 4.57 Å². The van der Waals surface area contributed by atoms with Crippen LogP contribution in [0.15, 0.2) is 87.3 Å². The lowest BCUT2D eigenvalue weighted by molar-refractivity contribution is -0.119. The van der Waals surface area contributed by atoms with E-state index in [9.17, 15) is 13.2 Å². The minimum absolute atomic E-state index is 0.114. The van der Waals surface area contributed by atoms with Crippen LogP contribution < -0.4 is 9.73 Å². The summed E-state index contributed by atoms with van der Waals surface area (Å²) in [7, 11) is -4.01. The zero-order valence-corrected chi connectivity index (χ0v) is 25.0. The number of hydrogen-bond acceptors (Lipinski definition) is 4. The van der Waals surface area contributed by atoms with Crippen LogP contribution in [0.1, 0.15) is 33.6 Å². The number of benzene rings is 3. The first-order chi connectivity index (χ1) is 18.5. The average Bonchev–Trinajstić information content (AvgIpc) is 3.14. The van der Waals surface area contributed by atoms with Crippen molar-refractivity contribution in [3.8, 4) is 5.69 Å². The van der Waals surface area contributed by atoms with E-state index in [1.165, 1.54) is 0 Å². The number of aryl methyl sites for hydroxylation is 4. The molecule has 0 saturated carbocycles. The Morgan fingerprint density at radius 1 is 0.923 bits per heavy atom. The van der Waals surface area contributed by atoms with Gasteiger partial charge in [-0.2, -0.15) is 5.10 Å². The standard InChI is InChI=1S/C30H31BrN4O3S/c1-20-9-11-29(12-10-20)39(37,38)34(28-14-21(2)13-22(3)15-28)19-30(36)33-32-18-25-16-23(4)35(24(25)5)27-8-6-7-26(31)17-27/h6-18H,19H2,1-5H3,(H,33,36)/b32-18-. The second-order valence-electron chi connectivity index (χ2n) is 9.61. The molecule has 1 aromatic heterocycles. The molecule has 0 radical (unpaired) electrons. The summed E-state index contributed by atoms with van der Waals surface area (Å²) in [6.45, 7) is 9.23. The second-order valence-corrected chi connectivity index (χ2v) is 12.4. The molecule has 0 atom stereocenters. The number of halogens is 1. The van der Waals surface area contributed by atoms with E-state index in [4.69, 9.17) is 0 Å². The minimum Gasteiger partial charge on any atom is -0.318 e. The van der Waals surface area contributed by atoms with Crippen LogP contribution in [-0.2, 0) is 14.8 Å². The monoisotopic (exact) mass is 606 g/mol. The number of anilines is 1. The highest BCUT2D eigenvalue weighted by Crippen LogP contribution is 2.26. The van der Waals surface area contributed by atoms with Crippen molar-refractivity contribution >= 4 is 43.8 Å². The maximum atomic E-state index is 13.6. The van der Waals surface area contributed by atoms with E-state index in [1.807, 2.05) is 71.0 Å². The predicted molar refractivity (Wildman–Crippen MR) is 160 cm³/mol. The molecule has 9 heteroatoms. The molecule has 7 nitrogen and oxygen atoms in total. The Balaban J connectivity index is 1.58. The van der Waals surface area contributed by atoms with Gasteiger partial charge >= 0.3 is 0 Å². The van der Waals surface area contributed by atoms with Gasteiger partial charge in [-0.3, -0.25) is 9.10 Å². The van der Waals surface area contributed by atoms with Gasteiger partial charge in [-0.25, -0.2) is 13.8 Å². The van der Waals surface area contributed by atoms with E-state index in [-0.39, 0.29) is 4.90 Å². The Labute approximate surface area is 238 Å². The molecule has 0 fully saturated rings. The summed E-state index contributed by atoms with van der Waals surface area (Å²) in [5, 5.41) is 4.15. The Bertz CT molecular complexity index is 1640. The Morgan fingerprint density at radius 2 is 1.59 bits per heavy atom. The molecule has 0 bridgehead atoms. The van der Waals surface area contributed by atoms with Gasteiger partial charge in [0, 0.05) is 27.1 Å². The fourth-order valence-corrected chi connectivity index (χ4v) is 6.31.